The Morgan fingerprint density at radius 2 is 1.83 bits per heavy atom. The Kier molecular flexibility index (Phi) is 5.11. The number of hydrogen-bond acceptors (Lipinski definition) is 1. The zero-order valence-corrected chi connectivity index (χ0v) is 13.3. The summed E-state index contributed by atoms with van der Waals surface area (Å²) in [5.41, 5.74) is -0.0709. The molecule has 0 amide bonds. The second-order valence-electron chi connectivity index (χ2n) is 4.68. The van der Waals surface area contributed by atoms with Crippen LogP contribution in [0.1, 0.15) is 11.1 Å². The summed E-state index contributed by atoms with van der Waals surface area (Å²) in [4.78, 5) is 0. The van der Waals surface area contributed by atoms with E-state index in [2.05, 4.69) is 10.6 Å². The van der Waals surface area contributed by atoms with Crippen molar-refractivity contribution in [3.8, 4) is 0 Å². The van der Waals surface area contributed by atoms with Crippen LogP contribution >= 0.6 is 23.8 Å². The molecule has 2 aromatic carbocycles. The molecule has 0 bridgehead atoms. The second-order valence-corrected chi connectivity index (χ2v) is 5.50. The molecule has 0 saturated heterocycles. The van der Waals surface area contributed by atoms with Gasteiger partial charge in [0.25, 0.3) is 0 Å². The highest BCUT2D eigenvalue weighted by molar-refractivity contribution is 7.80. The van der Waals surface area contributed by atoms with E-state index in [1.807, 2.05) is 0 Å². The molecule has 2 nitrogen and oxygen atoms in total. The van der Waals surface area contributed by atoms with Crippen molar-refractivity contribution in [1.82, 2.24) is 0 Å². The average molecular weight is 363 g/mol. The van der Waals surface area contributed by atoms with E-state index in [0.29, 0.717) is 11.3 Å². The van der Waals surface area contributed by atoms with E-state index in [9.17, 15) is 17.6 Å². The number of thiocarbonyl (C=S) groups is 1. The van der Waals surface area contributed by atoms with E-state index in [-0.39, 0.29) is 10.8 Å². The van der Waals surface area contributed by atoms with Crippen LogP contribution in [0.4, 0.5) is 28.9 Å². The molecule has 2 rings (SSSR count). The van der Waals surface area contributed by atoms with E-state index >= 15 is 0 Å². The first-order chi connectivity index (χ1) is 10.7. The smallest absolute Gasteiger partial charge is 0.332 e. The van der Waals surface area contributed by atoms with E-state index in [0.717, 1.165) is 12.1 Å². The fourth-order valence-electron chi connectivity index (χ4n) is 1.85. The molecule has 0 saturated carbocycles. The summed E-state index contributed by atoms with van der Waals surface area (Å²) < 4.78 is 51.9. The van der Waals surface area contributed by atoms with Gasteiger partial charge in [0.15, 0.2) is 5.11 Å². The molecule has 0 radical (unpaired) electrons. The van der Waals surface area contributed by atoms with E-state index in [4.69, 9.17) is 23.8 Å². The maximum absolute atomic E-state index is 13.4. The molecule has 0 atom stereocenters. The number of alkyl halides is 3. The minimum Gasteiger partial charge on any atom is -0.332 e. The lowest BCUT2D eigenvalue weighted by atomic mass is 10.2. The molecule has 0 fully saturated rings. The van der Waals surface area contributed by atoms with Gasteiger partial charge >= 0.3 is 6.18 Å². The highest BCUT2D eigenvalue weighted by Crippen LogP contribution is 2.36. The van der Waals surface area contributed by atoms with Crippen LogP contribution in [-0.4, -0.2) is 5.11 Å². The lowest BCUT2D eigenvalue weighted by Crippen LogP contribution is -2.20. The summed E-state index contributed by atoms with van der Waals surface area (Å²) in [5, 5.41) is 4.99. The van der Waals surface area contributed by atoms with Gasteiger partial charge in [0.1, 0.15) is 5.82 Å². The third-order valence-electron chi connectivity index (χ3n) is 3.05. The summed E-state index contributed by atoms with van der Waals surface area (Å²) in [7, 11) is 0. The molecular formula is C15H11ClF4N2S. The van der Waals surface area contributed by atoms with Crippen LogP contribution in [-0.2, 0) is 6.18 Å². The van der Waals surface area contributed by atoms with Crippen LogP contribution in [0.15, 0.2) is 36.4 Å². The summed E-state index contributed by atoms with van der Waals surface area (Å²) in [6.45, 7) is 1.56. The highest BCUT2D eigenvalue weighted by atomic mass is 35.5. The predicted molar refractivity (Wildman–Crippen MR) is 87.4 cm³/mol. The highest BCUT2D eigenvalue weighted by Gasteiger charge is 2.33. The summed E-state index contributed by atoms with van der Waals surface area (Å²) >= 11 is 10.6. The lowest BCUT2D eigenvalue weighted by molar-refractivity contribution is -0.137. The summed E-state index contributed by atoms with van der Waals surface area (Å²) in [5.74, 6) is -0.413. The van der Waals surface area contributed by atoms with Crippen molar-refractivity contribution in [2.24, 2.45) is 0 Å². The van der Waals surface area contributed by atoms with Gasteiger partial charge in [-0.1, -0.05) is 17.7 Å². The van der Waals surface area contributed by atoms with Crippen LogP contribution in [0.3, 0.4) is 0 Å². The number of benzene rings is 2. The van der Waals surface area contributed by atoms with Gasteiger partial charge in [-0.3, -0.25) is 0 Å². The Hall–Kier alpha value is -1.86. The maximum atomic E-state index is 13.4. The maximum Gasteiger partial charge on any atom is 0.417 e. The topological polar surface area (TPSA) is 24.1 Å². The first-order valence-corrected chi connectivity index (χ1v) is 7.17. The average Bonchev–Trinajstić information content (AvgIpc) is 2.45. The summed E-state index contributed by atoms with van der Waals surface area (Å²) in [6, 6.07) is 7.75. The van der Waals surface area contributed by atoms with Gasteiger partial charge < -0.3 is 10.6 Å². The molecule has 23 heavy (non-hydrogen) atoms. The minimum atomic E-state index is -4.57. The fourth-order valence-corrected chi connectivity index (χ4v) is 2.30. The third kappa shape index (κ3) is 4.33. The lowest BCUT2D eigenvalue weighted by Gasteiger charge is -2.15. The van der Waals surface area contributed by atoms with Crippen LogP contribution in [0, 0.1) is 12.7 Å². The zero-order valence-electron chi connectivity index (χ0n) is 11.8. The van der Waals surface area contributed by atoms with E-state index < -0.39 is 22.6 Å². The molecule has 122 valence electrons. The molecule has 8 heteroatoms. The number of nitrogens with one attached hydrogen (secondary N) is 2. The molecular weight excluding hydrogens is 352 g/mol. The van der Waals surface area contributed by atoms with Crippen LogP contribution in [0.2, 0.25) is 5.02 Å². The normalized spacial score (nSPS) is 11.2. The fraction of sp³-hybridized carbons (Fsp3) is 0.133. The summed E-state index contributed by atoms with van der Waals surface area (Å²) in [6.07, 6.45) is -4.57. The Morgan fingerprint density at radius 1 is 1.13 bits per heavy atom. The van der Waals surface area contributed by atoms with Gasteiger partial charge in [-0.2, -0.15) is 13.2 Å². The monoisotopic (exact) mass is 362 g/mol. The SMILES string of the molecule is Cc1c(F)cccc1NC(=S)Nc1ccc(Cl)c(C(F)(F)F)c1. The van der Waals surface area contributed by atoms with Gasteiger partial charge in [-0.25, -0.2) is 4.39 Å². The van der Waals surface area contributed by atoms with Gasteiger partial charge in [-0.05, 0) is 49.5 Å². The minimum absolute atomic E-state index is 0.0362. The molecule has 0 heterocycles. The molecule has 0 unspecified atom stereocenters. The van der Waals surface area contributed by atoms with Gasteiger partial charge in [0.05, 0.1) is 10.6 Å². The number of anilines is 2. The zero-order chi connectivity index (χ0) is 17.2. The van der Waals surface area contributed by atoms with Gasteiger partial charge in [-0.15, -0.1) is 0 Å². The predicted octanol–water partition coefficient (Wildman–Crippen LogP) is 5.62. The van der Waals surface area contributed by atoms with Crippen LogP contribution in [0.25, 0.3) is 0 Å². The van der Waals surface area contributed by atoms with Crippen molar-refractivity contribution in [1.29, 1.82) is 0 Å². The molecule has 2 N–H and O–H groups in total. The molecule has 0 spiro atoms. The van der Waals surface area contributed by atoms with Crippen molar-refractivity contribution in [3.63, 3.8) is 0 Å². The number of rotatable bonds is 2. The third-order valence-corrected chi connectivity index (χ3v) is 3.58. The first kappa shape index (κ1) is 17.5. The van der Waals surface area contributed by atoms with Crippen LogP contribution in [0.5, 0.6) is 0 Å². The van der Waals surface area contributed by atoms with Crippen molar-refractivity contribution >= 4 is 40.3 Å². The van der Waals surface area contributed by atoms with E-state index in [1.165, 1.54) is 18.2 Å². The Balaban J connectivity index is 2.16. The molecule has 0 aliphatic carbocycles. The Morgan fingerprint density at radius 3 is 2.48 bits per heavy atom. The Labute approximate surface area is 140 Å². The van der Waals surface area contributed by atoms with Gasteiger partial charge in [0, 0.05) is 16.9 Å². The first-order valence-electron chi connectivity index (χ1n) is 6.38. The largest absolute Gasteiger partial charge is 0.417 e. The standard InChI is InChI=1S/C15H11ClF4N2S/c1-8-12(17)3-2-4-13(8)22-14(23)21-9-5-6-11(16)10(7-9)15(18,19)20/h2-7H,1H3,(H2,21,22,23). The molecule has 0 aromatic heterocycles. The number of halogens is 5. The van der Waals surface area contributed by atoms with Crippen molar-refractivity contribution in [2.45, 2.75) is 13.1 Å². The molecule has 2 aromatic rings. The second kappa shape index (κ2) is 6.72. The van der Waals surface area contributed by atoms with Crippen LogP contribution < -0.4 is 10.6 Å². The Bertz CT molecular complexity index is 747. The van der Waals surface area contributed by atoms with E-state index in [1.54, 1.807) is 13.0 Å². The van der Waals surface area contributed by atoms with Crippen molar-refractivity contribution in [2.75, 3.05) is 10.6 Å². The van der Waals surface area contributed by atoms with Gasteiger partial charge in [0.2, 0.25) is 0 Å². The van der Waals surface area contributed by atoms with Crippen molar-refractivity contribution < 1.29 is 17.6 Å². The quantitative estimate of drug-likeness (QED) is 0.536. The van der Waals surface area contributed by atoms with Crippen molar-refractivity contribution in [3.05, 3.63) is 58.4 Å². The molecule has 0 aliphatic rings. The molecule has 0 aliphatic heterocycles. The number of hydrogen-bond donors (Lipinski definition) is 2.